The molecule has 0 amide bonds. The fourth-order valence-electron chi connectivity index (χ4n) is 2.64. The summed E-state index contributed by atoms with van der Waals surface area (Å²) >= 11 is 2.74. The number of rotatable bonds is 6. The summed E-state index contributed by atoms with van der Waals surface area (Å²) in [5.74, 6) is 1.01. The second-order valence-electron chi connectivity index (χ2n) is 5.50. The van der Waals surface area contributed by atoms with E-state index < -0.39 is 0 Å². The number of nitrogens with zero attached hydrogens (tertiary/aromatic N) is 4. The normalized spacial score (nSPS) is 11.2. The molecule has 9 heteroatoms. The van der Waals surface area contributed by atoms with Crippen molar-refractivity contribution >= 4 is 28.9 Å². The molecule has 0 unspecified atom stereocenters. The molecule has 0 atom stereocenters. The van der Waals surface area contributed by atoms with E-state index in [-0.39, 0.29) is 11.5 Å². The molecule has 0 N–H and O–H groups in total. The summed E-state index contributed by atoms with van der Waals surface area (Å²) in [6, 6.07) is 5.37. The maximum Gasteiger partial charge on any atom is 0.284 e. The van der Waals surface area contributed by atoms with E-state index in [0.29, 0.717) is 22.4 Å². The van der Waals surface area contributed by atoms with E-state index in [2.05, 4.69) is 15.2 Å². The van der Waals surface area contributed by atoms with Crippen molar-refractivity contribution in [3.63, 3.8) is 0 Å². The molecule has 0 aliphatic rings. The van der Waals surface area contributed by atoms with Gasteiger partial charge in [-0.15, -0.1) is 21.5 Å². The smallest absolute Gasteiger partial charge is 0.284 e. The average molecular weight is 386 g/mol. The molecule has 0 spiro atoms. The minimum atomic E-state index is 0.00338. The van der Waals surface area contributed by atoms with Crippen molar-refractivity contribution in [2.45, 2.75) is 19.1 Å². The van der Waals surface area contributed by atoms with Crippen molar-refractivity contribution in [2.75, 3.05) is 5.75 Å². The van der Waals surface area contributed by atoms with Crippen LogP contribution in [0.3, 0.4) is 0 Å². The summed E-state index contributed by atoms with van der Waals surface area (Å²) < 4.78 is 12.7. The van der Waals surface area contributed by atoms with Crippen LogP contribution >= 0.6 is 23.1 Å². The molecule has 4 aromatic heterocycles. The van der Waals surface area contributed by atoms with Gasteiger partial charge in [0.05, 0.1) is 12.0 Å². The lowest BCUT2D eigenvalue weighted by Gasteiger charge is -2.05. The van der Waals surface area contributed by atoms with Crippen molar-refractivity contribution in [3.05, 3.63) is 53.0 Å². The zero-order valence-electron chi connectivity index (χ0n) is 14.0. The monoisotopic (exact) mass is 386 g/mol. The quantitative estimate of drug-likeness (QED) is 0.363. The van der Waals surface area contributed by atoms with E-state index in [0.717, 1.165) is 16.5 Å². The van der Waals surface area contributed by atoms with Crippen LogP contribution in [0.15, 0.2) is 50.1 Å². The zero-order valence-corrected chi connectivity index (χ0v) is 15.6. The maximum absolute atomic E-state index is 12.6. The Kier molecular flexibility index (Phi) is 4.48. The fourth-order valence-corrected chi connectivity index (χ4v) is 4.04. The molecule has 132 valence electrons. The van der Waals surface area contributed by atoms with Gasteiger partial charge in [-0.1, -0.05) is 11.8 Å². The average Bonchev–Trinajstić information content (AvgIpc) is 3.40. The van der Waals surface area contributed by atoms with Crippen LogP contribution in [0.25, 0.3) is 16.8 Å². The summed E-state index contributed by atoms with van der Waals surface area (Å²) in [5.41, 5.74) is 2.53. The molecule has 0 aliphatic carbocycles. The predicted molar refractivity (Wildman–Crippen MR) is 98.0 cm³/mol. The Morgan fingerprint density at radius 3 is 2.96 bits per heavy atom. The van der Waals surface area contributed by atoms with Crippen LogP contribution in [0.2, 0.25) is 0 Å². The van der Waals surface area contributed by atoms with Gasteiger partial charge >= 0.3 is 0 Å². The van der Waals surface area contributed by atoms with Gasteiger partial charge in [0.25, 0.3) is 11.1 Å². The lowest BCUT2D eigenvalue weighted by molar-refractivity contribution is 0.102. The highest BCUT2D eigenvalue weighted by molar-refractivity contribution is 7.99. The molecule has 4 heterocycles. The third kappa shape index (κ3) is 3.11. The number of carbonyl (C=O) groups excluding carboxylic acids is 1. The Bertz CT molecular complexity index is 1030. The molecule has 0 radical (unpaired) electrons. The fraction of sp³-hybridized carbons (Fsp3) is 0.176. The number of hydrogen-bond donors (Lipinski definition) is 0. The van der Waals surface area contributed by atoms with Crippen molar-refractivity contribution in [2.24, 2.45) is 0 Å². The first-order chi connectivity index (χ1) is 12.6. The minimum Gasteiger partial charge on any atom is -0.459 e. The molecule has 0 saturated carbocycles. The van der Waals surface area contributed by atoms with E-state index in [4.69, 9.17) is 8.83 Å². The van der Waals surface area contributed by atoms with Crippen LogP contribution in [0.4, 0.5) is 0 Å². The third-order valence-electron chi connectivity index (χ3n) is 3.81. The molecule has 0 fully saturated rings. The van der Waals surface area contributed by atoms with Crippen molar-refractivity contribution in [1.29, 1.82) is 0 Å². The van der Waals surface area contributed by atoms with Crippen molar-refractivity contribution in [1.82, 2.24) is 19.7 Å². The van der Waals surface area contributed by atoms with E-state index in [1.807, 2.05) is 29.9 Å². The van der Waals surface area contributed by atoms with Gasteiger partial charge in [-0.05, 0) is 32.0 Å². The van der Waals surface area contributed by atoms with Gasteiger partial charge in [-0.25, -0.2) is 4.98 Å². The summed E-state index contributed by atoms with van der Waals surface area (Å²) in [5, 5.41) is 11.0. The summed E-state index contributed by atoms with van der Waals surface area (Å²) in [7, 11) is 0. The lowest BCUT2D eigenvalue weighted by Crippen LogP contribution is -2.05. The molecule has 4 rings (SSSR count). The van der Waals surface area contributed by atoms with Crippen LogP contribution < -0.4 is 0 Å². The first-order valence-corrected chi connectivity index (χ1v) is 9.62. The predicted octanol–water partition coefficient (Wildman–Crippen LogP) is 4.17. The molecule has 0 bridgehead atoms. The zero-order chi connectivity index (χ0) is 18.1. The van der Waals surface area contributed by atoms with Crippen LogP contribution in [0.5, 0.6) is 0 Å². The molecule has 0 aromatic carbocycles. The number of furan rings is 1. The van der Waals surface area contributed by atoms with Gasteiger partial charge in [0, 0.05) is 28.5 Å². The second kappa shape index (κ2) is 6.93. The van der Waals surface area contributed by atoms with Crippen molar-refractivity contribution in [3.8, 4) is 16.8 Å². The standard InChI is InChI=1S/C17H14N4O3S2/c1-10-8-12(11(2)21(10)16-18-5-7-25-16)13(22)9-26-17-20-19-15(24-17)14-4-3-6-23-14/h3-8H,9H2,1-2H3. The van der Waals surface area contributed by atoms with Gasteiger partial charge in [-0.3, -0.25) is 9.36 Å². The van der Waals surface area contributed by atoms with Gasteiger partial charge in [0.15, 0.2) is 16.7 Å². The number of aryl methyl sites for hydroxylation is 1. The van der Waals surface area contributed by atoms with Gasteiger partial charge < -0.3 is 8.83 Å². The van der Waals surface area contributed by atoms with E-state index in [1.165, 1.54) is 29.4 Å². The van der Waals surface area contributed by atoms with Gasteiger partial charge in [0.1, 0.15) is 0 Å². The third-order valence-corrected chi connectivity index (χ3v) is 5.38. The van der Waals surface area contributed by atoms with E-state index in [1.54, 1.807) is 18.3 Å². The largest absolute Gasteiger partial charge is 0.459 e. The van der Waals surface area contributed by atoms with Gasteiger partial charge in [-0.2, -0.15) is 0 Å². The van der Waals surface area contributed by atoms with E-state index >= 15 is 0 Å². The Morgan fingerprint density at radius 2 is 2.23 bits per heavy atom. The molecular formula is C17H14N4O3S2. The van der Waals surface area contributed by atoms with Crippen molar-refractivity contribution < 1.29 is 13.6 Å². The number of aromatic nitrogens is 4. The summed E-state index contributed by atoms with van der Waals surface area (Å²) in [6.07, 6.45) is 3.29. The maximum atomic E-state index is 12.6. The molecule has 4 aromatic rings. The number of thiazole rings is 1. The number of ketones is 1. The van der Waals surface area contributed by atoms with Crippen LogP contribution in [-0.2, 0) is 0 Å². The highest BCUT2D eigenvalue weighted by Gasteiger charge is 2.19. The number of carbonyl (C=O) groups is 1. The van der Waals surface area contributed by atoms with Crippen LogP contribution in [-0.4, -0.2) is 31.3 Å². The van der Waals surface area contributed by atoms with Crippen LogP contribution in [0.1, 0.15) is 21.7 Å². The number of hydrogen-bond acceptors (Lipinski definition) is 8. The summed E-state index contributed by atoms with van der Waals surface area (Å²) in [4.78, 5) is 17.0. The molecule has 0 saturated heterocycles. The minimum absolute atomic E-state index is 0.00338. The first-order valence-electron chi connectivity index (χ1n) is 7.75. The topological polar surface area (TPSA) is 87.0 Å². The number of thioether (sulfide) groups is 1. The second-order valence-corrected chi connectivity index (χ2v) is 7.30. The Hall–Kier alpha value is -2.65. The Labute approximate surface area is 157 Å². The Balaban J connectivity index is 1.48. The lowest BCUT2D eigenvalue weighted by atomic mass is 10.2. The Morgan fingerprint density at radius 1 is 1.35 bits per heavy atom. The molecular weight excluding hydrogens is 372 g/mol. The highest BCUT2D eigenvalue weighted by atomic mass is 32.2. The summed E-state index contributed by atoms with van der Waals surface area (Å²) in [6.45, 7) is 3.89. The van der Waals surface area contributed by atoms with E-state index in [9.17, 15) is 4.79 Å². The SMILES string of the molecule is Cc1cc(C(=O)CSc2nnc(-c3ccco3)o2)c(C)n1-c1nccs1. The van der Waals surface area contributed by atoms with Crippen LogP contribution in [0, 0.1) is 13.8 Å². The first kappa shape index (κ1) is 16.8. The molecule has 26 heavy (non-hydrogen) atoms. The van der Waals surface area contributed by atoms with Gasteiger partial charge in [0.2, 0.25) is 0 Å². The molecule has 0 aliphatic heterocycles. The highest BCUT2D eigenvalue weighted by Crippen LogP contribution is 2.26. The number of Topliss-reactive ketones (excluding diaryl/α,β-unsaturated/α-hetero) is 1. The molecule has 7 nitrogen and oxygen atoms in total.